The lowest BCUT2D eigenvalue weighted by atomic mass is 9.99. The standard InChI is InChI=1S/C12H16F2O7/c1-5(15)18-9-8(4-13)21-12(14)11(20-7(3)17)10(9)19-6(2)16/h8-12H,4H2,1-3H3/t8-,9-,10+,11-,12-/m1/s1. The van der Waals surface area contributed by atoms with Crippen molar-refractivity contribution in [3.8, 4) is 0 Å². The van der Waals surface area contributed by atoms with E-state index in [2.05, 4.69) is 4.74 Å². The third-order valence-electron chi connectivity index (χ3n) is 2.64. The lowest BCUT2D eigenvalue weighted by molar-refractivity contribution is -0.273. The van der Waals surface area contributed by atoms with Crippen molar-refractivity contribution in [3.63, 3.8) is 0 Å². The van der Waals surface area contributed by atoms with Crippen molar-refractivity contribution < 1.29 is 42.1 Å². The van der Waals surface area contributed by atoms with Gasteiger partial charge in [0.15, 0.2) is 18.3 Å². The molecule has 0 aliphatic carbocycles. The molecule has 0 aromatic rings. The van der Waals surface area contributed by atoms with Crippen LogP contribution in [0.2, 0.25) is 0 Å². The quantitative estimate of drug-likeness (QED) is 0.550. The first-order valence-corrected chi connectivity index (χ1v) is 6.13. The smallest absolute Gasteiger partial charge is 0.303 e. The summed E-state index contributed by atoms with van der Waals surface area (Å²) in [6.07, 6.45) is -8.27. The molecule has 1 rings (SSSR count). The van der Waals surface area contributed by atoms with E-state index in [1.54, 1.807) is 0 Å². The maximum Gasteiger partial charge on any atom is 0.303 e. The zero-order chi connectivity index (χ0) is 16.2. The molecular weight excluding hydrogens is 294 g/mol. The number of halogens is 2. The number of alkyl halides is 2. The van der Waals surface area contributed by atoms with Crippen LogP contribution in [0.3, 0.4) is 0 Å². The Labute approximate surface area is 119 Å². The van der Waals surface area contributed by atoms with Crippen LogP contribution in [0.4, 0.5) is 8.78 Å². The number of ether oxygens (including phenoxy) is 4. The highest BCUT2D eigenvalue weighted by atomic mass is 19.1. The zero-order valence-electron chi connectivity index (χ0n) is 11.7. The minimum absolute atomic E-state index is 0.807. The van der Waals surface area contributed by atoms with Crippen LogP contribution in [0.25, 0.3) is 0 Å². The van der Waals surface area contributed by atoms with Crippen LogP contribution in [0.5, 0.6) is 0 Å². The van der Waals surface area contributed by atoms with Gasteiger partial charge in [-0.05, 0) is 0 Å². The molecular formula is C12H16F2O7. The normalized spacial score (nSPS) is 32.1. The molecule has 1 aliphatic heterocycles. The lowest BCUT2D eigenvalue weighted by Crippen LogP contribution is -2.60. The second-order valence-electron chi connectivity index (χ2n) is 4.40. The Morgan fingerprint density at radius 3 is 1.76 bits per heavy atom. The Bertz CT molecular complexity index is 414. The molecule has 0 radical (unpaired) electrons. The van der Waals surface area contributed by atoms with Crippen molar-refractivity contribution >= 4 is 17.9 Å². The van der Waals surface area contributed by atoms with Gasteiger partial charge in [0.2, 0.25) is 6.36 Å². The molecule has 0 bridgehead atoms. The van der Waals surface area contributed by atoms with Gasteiger partial charge in [-0.3, -0.25) is 14.4 Å². The minimum atomic E-state index is -2.22. The summed E-state index contributed by atoms with van der Waals surface area (Å²) in [5, 5.41) is 0. The summed E-state index contributed by atoms with van der Waals surface area (Å²) in [7, 11) is 0. The second-order valence-corrected chi connectivity index (χ2v) is 4.40. The molecule has 0 aromatic carbocycles. The molecule has 7 nitrogen and oxygen atoms in total. The molecule has 0 aromatic heterocycles. The van der Waals surface area contributed by atoms with Crippen molar-refractivity contribution in [3.05, 3.63) is 0 Å². The molecule has 0 N–H and O–H groups in total. The van der Waals surface area contributed by atoms with E-state index in [0.29, 0.717) is 0 Å². The van der Waals surface area contributed by atoms with E-state index in [0.717, 1.165) is 20.8 Å². The van der Waals surface area contributed by atoms with Crippen molar-refractivity contribution in [1.82, 2.24) is 0 Å². The molecule has 5 atom stereocenters. The highest BCUT2D eigenvalue weighted by Gasteiger charge is 2.52. The molecule has 0 unspecified atom stereocenters. The van der Waals surface area contributed by atoms with E-state index < -0.39 is 55.4 Å². The monoisotopic (exact) mass is 310 g/mol. The molecule has 0 spiro atoms. The van der Waals surface area contributed by atoms with Crippen LogP contribution in [0, 0.1) is 0 Å². The number of rotatable bonds is 4. The van der Waals surface area contributed by atoms with Gasteiger partial charge in [-0.1, -0.05) is 0 Å². The van der Waals surface area contributed by atoms with E-state index in [-0.39, 0.29) is 0 Å². The molecule has 9 heteroatoms. The lowest BCUT2D eigenvalue weighted by Gasteiger charge is -2.41. The van der Waals surface area contributed by atoms with E-state index in [1.165, 1.54) is 0 Å². The van der Waals surface area contributed by atoms with Crippen LogP contribution >= 0.6 is 0 Å². The van der Waals surface area contributed by atoms with Gasteiger partial charge in [0.25, 0.3) is 0 Å². The third kappa shape index (κ3) is 4.62. The Balaban J connectivity index is 3.08. The van der Waals surface area contributed by atoms with Crippen LogP contribution in [0.1, 0.15) is 20.8 Å². The summed E-state index contributed by atoms with van der Waals surface area (Å²) < 4.78 is 45.8. The van der Waals surface area contributed by atoms with Gasteiger partial charge in [0.1, 0.15) is 12.8 Å². The van der Waals surface area contributed by atoms with Crippen LogP contribution in [0.15, 0.2) is 0 Å². The molecule has 21 heavy (non-hydrogen) atoms. The van der Waals surface area contributed by atoms with Crippen LogP contribution < -0.4 is 0 Å². The first-order chi connectivity index (χ1) is 9.76. The number of hydrogen-bond acceptors (Lipinski definition) is 7. The fourth-order valence-electron chi connectivity index (χ4n) is 1.97. The van der Waals surface area contributed by atoms with Gasteiger partial charge in [-0.25, -0.2) is 8.78 Å². The molecule has 1 saturated heterocycles. The predicted octanol–water partition coefficient (Wildman–Crippen LogP) is 0.445. The minimum Gasteiger partial charge on any atom is -0.456 e. The topological polar surface area (TPSA) is 88.1 Å². The first-order valence-electron chi connectivity index (χ1n) is 6.13. The van der Waals surface area contributed by atoms with Gasteiger partial charge in [0, 0.05) is 20.8 Å². The Morgan fingerprint density at radius 1 is 0.905 bits per heavy atom. The second kappa shape index (κ2) is 7.30. The molecule has 1 fully saturated rings. The van der Waals surface area contributed by atoms with E-state index in [1.807, 2.05) is 0 Å². The fourth-order valence-corrected chi connectivity index (χ4v) is 1.97. The molecule has 1 heterocycles. The van der Waals surface area contributed by atoms with Crippen molar-refractivity contribution in [1.29, 1.82) is 0 Å². The number of carbonyl (C=O) groups is 3. The maximum atomic E-state index is 13.9. The molecule has 0 amide bonds. The maximum absolute atomic E-state index is 13.9. The van der Waals surface area contributed by atoms with E-state index in [4.69, 9.17) is 14.2 Å². The first kappa shape index (κ1) is 17.3. The van der Waals surface area contributed by atoms with Crippen LogP contribution in [-0.4, -0.2) is 55.4 Å². The highest BCUT2D eigenvalue weighted by molar-refractivity contribution is 5.68. The van der Waals surface area contributed by atoms with Gasteiger partial charge < -0.3 is 18.9 Å². The average molecular weight is 310 g/mol. The molecule has 1 aliphatic rings. The van der Waals surface area contributed by atoms with Gasteiger partial charge in [-0.15, -0.1) is 0 Å². The summed E-state index contributed by atoms with van der Waals surface area (Å²) >= 11 is 0. The Morgan fingerprint density at radius 2 is 1.33 bits per heavy atom. The molecule has 120 valence electrons. The van der Waals surface area contributed by atoms with Gasteiger partial charge >= 0.3 is 17.9 Å². The molecule has 0 saturated carbocycles. The fraction of sp³-hybridized carbons (Fsp3) is 0.750. The highest BCUT2D eigenvalue weighted by Crippen LogP contribution is 2.29. The number of hydrogen-bond donors (Lipinski definition) is 0. The van der Waals surface area contributed by atoms with E-state index >= 15 is 0 Å². The van der Waals surface area contributed by atoms with Gasteiger partial charge in [-0.2, -0.15) is 0 Å². The van der Waals surface area contributed by atoms with Crippen molar-refractivity contribution in [2.45, 2.75) is 51.5 Å². The zero-order valence-corrected chi connectivity index (χ0v) is 11.7. The largest absolute Gasteiger partial charge is 0.456 e. The summed E-state index contributed by atoms with van der Waals surface area (Å²) in [6.45, 7) is 1.91. The summed E-state index contributed by atoms with van der Waals surface area (Å²) in [6, 6.07) is 0. The predicted molar refractivity (Wildman–Crippen MR) is 62.4 cm³/mol. The summed E-state index contributed by atoms with van der Waals surface area (Å²) in [5.74, 6) is -2.50. The van der Waals surface area contributed by atoms with Crippen LogP contribution in [-0.2, 0) is 33.3 Å². The third-order valence-corrected chi connectivity index (χ3v) is 2.64. The average Bonchev–Trinajstić information content (AvgIpc) is 2.35. The van der Waals surface area contributed by atoms with E-state index in [9.17, 15) is 23.2 Å². The Hall–Kier alpha value is -1.77. The SMILES string of the molecule is CC(=O)O[C@@H]1[C@@H](OC(C)=O)[C@H](F)O[C@H](CF)[C@H]1OC(C)=O. The summed E-state index contributed by atoms with van der Waals surface area (Å²) in [5.41, 5.74) is 0. The van der Waals surface area contributed by atoms with Crippen molar-refractivity contribution in [2.75, 3.05) is 6.67 Å². The number of carbonyl (C=O) groups excluding carboxylic acids is 3. The number of esters is 3. The summed E-state index contributed by atoms with van der Waals surface area (Å²) in [4.78, 5) is 33.2. The Kier molecular flexibility index (Phi) is 6.01. The van der Waals surface area contributed by atoms with Gasteiger partial charge in [0.05, 0.1) is 0 Å². The van der Waals surface area contributed by atoms with Crippen molar-refractivity contribution in [2.24, 2.45) is 0 Å².